The number of nitro groups is 1. The van der Waals surface area contributed by atoms with Crippen LogP contribution in [0.15, 0.2) is 35.0 Å². The Balaban J connectivity index is 1.60. The zero-order valence-corrected chi connectivity index (χ0v) is 15.3. The number of carbonyl (C=O) groups excluding carboxylic acids is 1. The van der Waals surface area contributed by atoms with Gasteiger partial charge in [0.25, 0.3) is 5.69 Å². The number of hydrogen-bond donors (Lipinski definition) is 1. The summed E-state index contributed by atoms with van der Waals surface area (Å²) < 4.78 is 5.00. The number of anilines is 1. The van der Waals surface area contributed by atoms with Gasteiger partial charge >= 0.3 is 0 Å². The summed E-state index contributed by atoms with van der Waals surface area (Å²) in [5, 5.41) is 18.1. The molecule has 1 aliphatic rings. The fourth-order valence-corrected chi connectivity index (χ4v) is 4.00. The van der Waals surface area contributed by atoms with E-state index in [9.17, 15) is 14.9 Å². The van der Waals surface area contributed by atoms with E-state index < -0.39 is 4.92 Å². The lowest BCUT2D eigenvalue weighted by atomic mass is 10.1. The van der Waals surface area contributed by atoms with Gasteiger partial charge in [0.2, 0.25) is 5.91 Å². The van der Waals surface area contributed by atoms with Crippen LogP contribution < -0.4 is 10.1 Å². The summed E-state index contributed by atoms with van der Waals surface area (Å²) in [4.78, 5) is 25.3. The molecule has 0 bridgehead atoms. The number of thiophene rings is 1. The Kier molecular flexibility index (Phi) is 5.85. The van der Waals surface area contributed by atoms with E-state index in [0.29, 0.717) is 24.8 Å². The maximum Gasteiger partial charge on any atom is 0.296 e. The van der Waals surface area contributed by atoms with Gasteiger partial charge in [0, 0.05) is 19.0 Å². The number of nitrogens with zero attached hydrogens (tertiary/aromatic N) is 2. The second-order valence-electron chi connectivity index (χ2n) is 6.19. The van der Waals surface area contributed by atoms with Crippen molar-refractivity contribution in [1.82, 2.24) is 4.90 Å². The Morgan fingerprint density at radius 1 is 1.46 bits per heavy atom. The van der Waals surface area contributed by atoms with E-state index in [2.05, 4.69) is 27.0 Å². The third-order valence-electron chi connectivity index (χ3n) is 4.59. The normalized spacial score (nSPS) is 17.2. The number of benzene rings is 1. The van der Waals surface area contributed by atoms with Crippen molar-refractivity contribution in [2.45, 2.75) is 25.3 Å². The highest BCUT2D eigenvalue weighted by molar-refractivity contribution is 7.07. The molecule has 0 saturated carbocycles. The summed E-state index contributed by atoms with van der Waals surface area (Å²) in [7, 11) is 1.44. The molecule has 1 saturated heterocycles. The number of carbonyl (C=O) groups is 1. The number of likely N-dealkylation sites (tertiary alicyclic amines) is 1. The Bertz CT molecular complexity index is 779. The number of amides is 1. The van der Waals surface area contributed by atoms with Crippen molar-refractivity contribution in [2.75, 3.05) is 25.5 Å². The van der Waals surface area contributed by atoms with Gasteiger partial charge in [0.15, 0.2) is 0 Å². The van der Waals surface area contributed by atoms with Crippen molar-refractivity contribution in [3.8, 4) is 5.75 Å². The van der Waals surface area contributed by atoms with Crippen molar-refractivity contribution < 1.29 is 14.5 Å². The zero-order chi connectivity index (χ0) is 18.5. The van der Waals surface area contributed by atoms with Crippen molar-refractivity contribution in [3.05, 3.63) is 50.7 Å². The van der Waals surface area contributed by atoms with Gasteiger partial charge in [-0.2, -0.15) is 11.3 Å². The van der Waals surface area contributed by atoms with Crippen LogP contribution in [0, 0.1) is 10.1 Å². The van der Waals surface area contributed by atoms with Gasteiger partial charge in [0.1, 0.15) is 11.4 Å². The lowest BCUT2D eigenvalue weighted by Crippen LogP contribution is -2.27. The molecule has 1 N–H and O–H groups in total. The smallest absolute Gasteiger partial charge is 0.296 e. The first kappa shape index (κ1) is 18.3. The molecule has 1 aliphatic heterocycles. The number of nitrogens with one attached hydrogen (secondary N) is 1. The summed E-state index contributed by atoms with van der Waals surface area (Å²) in [6, 6.07) is 6.90. The fraction of sp³-hybridized carbons (Fsp3) is 0.389. The fourth-order valence-electron chi connectivity index (χ4n) is 3.29. The molecule has 0 spiro atoms. The number of rotatable bonds is 7. The summed E-state index contributed by atoms with van der Waals surface area (Å²) in [6.45, 7) is 1.60. The molecule has 0 radical (unpaired) electrons. The van der Waals surface area contributed by atoms with E-state index in [-0.39, 0.29) is 17.3 Å². The third kappa shape index (κ3) is 4.20. The highest BCUT2D eigenvalue weighted by atomic mass is 32.1. The third-order valence-corrected chi connectivity index (χ3v) is 5.29. The minimum atomic E-state index is -0.523. The van der Waals surface area contributed by atoms with Crippen LogP contribution in [0.3, 0.4) is 0 Å². The molecule has 1 atom stereocenters. The van der Waals surface area contributed by atoms with Gasteiger partial charge in [0.05, 0.1) is 18.1 Å². The molecule has 1 aromatic carbocycles. The van der Waals surface area contributed by atoms with Crippen LogP contribution in [-0.4, -0.2) is 35.9 Å². The molecule has 8 heteroatoms. The molecule has 2 heterocycles. The Hall–Kier alpha value is -2.45. The molecule has 1 fully saturated rings. The summed E-state index contributed by atoms with van der Waals surface area (Å²) >= 11 is 1.68. The quantitative estimate of drug-likeness (QED) is 0.587. The Morgan fingerprint density at radius 3 is 3.00 bits per heavy atom. The molecular formula is C18H21N3O4S. The lowest BCUT2D eigenvalue weighted by molar-refractivity contribution is -0.384. The van der Waals surface area contributed by atoms with Gasteiger partial charge in [-0.25, -0.2) is 0 Å². The predicted octanol–water partition coefficient (Wildman–Crippen LogP) is 3.83. The molecule has 0 aliphatic carbocycles. The largest absolute Gasteiger partial charge is 0.496 e. The molecule has 1 aromatic heterocycles. The van der Waals surface area contributed by atoms with Gasteiger partial charge in [-0.05, 0) is 53.9 Å². The first-order valence-electron chi connectivity index (χ1n) is 8.47. The number of hydrogen-bond acceptors (Lipinski definition) is 6. The topological polar surface area (TPSA) is 84.7 Å². The minimum absolute atomic E-state index is 0.171. The van der Waals surface area contributed by atoms with Gasteiger partial charge in [-0.1, -0.05) is 0 Å². The molecule has 26 heavy (non-hydrogen) atoms. The second kappa shape index (κ2) is 8.29. The highest BCUT2D eigenvalue weighted by Crippen LogP contribution is 2.33. The van der Waals surface area contributed by atoms with Crippen molar-refractivity contribution >= 4 is 28.6 Å². The van der Waals surface area contributed by atoms with Crippen molar-refractivity contribution in [1.29, 1.82) is 0 Å². The molecular weight excluding hydrogens is 354 g/mol. The number of methoxy groups -OCH3 is 1. The Morgan fingerprint density at radius 2 is 2.31 bits per heavy atom. The van der Waals surface area contributed by atoms with Crippen molar-refractivity contribution in [3.63, 3.8) is 0 Å². The van der Waals surface area contributed by atoms with Crippen LogP contribution in [0.2, 0.25) is 0 Å². The zero-order valence-electron chi connectivity index (χ0n) is 14.5. The molecule has 1 amide bonds. The number of ether oxygens (including phenoxy) is 1. The van der Waals surface area contributed by atoms with E-state index >= 15 is 0 Å². The van der Waals surface area contributed by atoms with E-state index in [1.807, 2.05) is 0 Å². The van der Waals surface area contributed by atoms with Crippen LogP contribution in [0.4, 0.5) is 11.4 Å². The summed E-state index contributed by atoms with van der Waals surface area (Å²) in [5.74, 6) is 0.152. The van der Waals surface area contributed by atoms with Crippen LogP contribution in [-0.2, 0) is 4.79 Å². The van der Waals surface area contributed by atoms with Gasteiger partial charge in [-0.3, -0.25) is 19.8 Å². The summed E-state index contributed by atoms with van der Waals surface area (Å²) in [5.41, 5.74) is 1.32. The van der Waals surface area contributed by atoms with Crippen LogP contribution in [0.5, 0.6) is 5.75 Å². The maximum absolute atomic E-state index is 12.3. The average molecular weight is 375 g/mol. The van der Waals surface area contributed by atoms with Crippen LogP contribution in [0.1, 0.15) is 30.9 Å². The summed E-state index contributed by atoms with van der Waals surface area (Å²) in [6.07, 6.45) is 2.51. The Labute approximate surface area is 155 Å². The number of nitro benzene ring substituents is 1. The van der Waals surface area contributed by atoms with Crippen LogP contribution in [0.25, 0.3) is 0 Å². The lowest BCUT2D eigenvalue weighted by Gasteiger charge is -2.23. The molecule has 1 unspecified atom stereocenters. The monoisotopic (exact) mass is 375 g/mol. The minimum Gasteiger partial charge on any atom is -0.496 e. The SMILES string of the molecule is COc1ccc(NC(=O)CCN2CCCC2c2ccsc2)c([N+](=O)[O-])c1. The van der Waals surface area contributed by atoms with E-state index in [1.165, 1.54) is 24.8 Å². The van der Waals surface area contributed by atoms with E-state index in [4.69, 9.17) is 4.74 Å². The van der Waals surface area contributed by atoms with Gasteiger partial charge < -0.3 is 10.1 Å². The second-order valence-corrected chi connectivity index (χ2v) is 6.97. The van der Waals surface area contributed by atoms with Crippen molar-refractivity contribution in [2.24, 2.45) is 0 Å². The van der Waals surface area contributed by atoms with Crippen LogP contribution >= 0.6 is 11.3 Å². The predicted molar refractivity (Wildman–Crippen MR) is 101 cm³/mol. The van der Waals surface area contributed by atoms with E-state index in [0.717, 1.165) is 19.4 Å². The first-order valence-corrected chi connectivity index (χ1v) is 9.41. The van der Waals surface area contributed by atoms with E-state index in [1.54, 1.807) is 17.4 Å². The maximum atomic E-state index is 12.3. The first-order chi connectivity index (χ1) is 12.6. The molecule has 2 aromatic rings. The molecule has 7 nitrogen and oxygen atoms in total. The molecule has 3 rings (SSSR count). The van der Waals surface area contributed by atoms with Gasteiger partial charge in [-0.15, -0.1) is 0 Å². The molecule has 138 valence electrons. The highest BCUT2D eigenvalue weighted by Gasteiger charge is 2.26. The standard InChI is InChI=1S/C18H21N3O4S/c1-25-14-4-5-15(17(11-14)21(23)24)19-18(22)6-9-20-8-2-3-16(20)13-7-10-26-12-13/h4-5,7,10-12,16H,2-3,6,8-9H2,1H3,(H,19,22). The average Bonchev–Trinajstić information content (AvgIpc) is 3.31.